The molecule has 3 rings (SSSR count). The maximum absolute atomic E-state index is 12.8. The van der Waals surface area contributed by atoms with Crippen LogP contribution in [0.15, 0.2) is 53.7 Å². The molecule has 7 nitrogen and oxygen atoms in total. The molecule has 1 aliphatic heterocycles. The molecule has 1 unspecified atom stereocenters. The molecule has 1 atom stereocenters. The molecule has 2 aromatic carbocycles. The van der Waals surface area contributed by atoms with E-state index >= 15 is 0 Å². The number of carbonyl (C=O) groups excluding carboxylic acids is 2. The van der Waals surface area contributed by atoms with Gasteiger partial charge in [-0.1, -0.05) is 49.2 Å². The predicted molar refractivity (Wildman–Crippen MR) is 126 cm³/mol. The maximum Gasteiger partial charge on any atom is 0.338 e. The molecule has 0 bridgehead atoms. The van der Waals surface area contributed by atoms with Crippen LogP contribution in [0.2, 0.25) is 5.02 Å². The smallest absolute Gasteiger partial charge is 0.338 e. The van der Waals surface area contributed by atoms with Crippen LogP contribution in [-0.2, 0) is 16.1 Å². The predicted octanol–water partition coefficient (Wildman–Crippen LogP) is 5.29. The second-order valence-corrected chi connectivity index (χ2v) is 7.82. The summed E-state index contributed by atoms with van der Waals surface area (Å²) in [6.07, 6.45) is 1.32. The first-order valence-corrected chi connectivity index (χ1v) is 11.5. The van der Waals surface area contributed by atoms with Crippen molar-refractivity contribution in [1.82, 2.24) is 10.6 Å². The number of hydrogen-bond donors (Lipinski definition) is 2. The van der Waals surface area contributed by atoms with Crippen molar-refractivity contribution >= 4 is 23.6 Å². The second kappa shape index (κ2) is 11.6. The van der Waals surface area contributed by atoms with Crippen molar-refractivity contribution in [2.24, 2.45) is 0 Å². The van der Waals surface area contributed by atoms with Crippen LogP contribution in [0.5, 0.6) is 11.5 Å². The minimum Gasteiger partial charge on any atom is -0.490 e. The van der Waals surface area contributed by atoms with Gasteiger partial charge in [0.2, 0.25) is 0 Å². The zero-order valence-corrected chi connectivity index (χ0v) is 19.8. The van der Waals surface area contributed by atoms with Crippen LogP contribution in [0.1, 0.15) is 50.8 Å². The highest BCUT2D eigenvalue weighted by Crippen LogP contribution is 2.36. The van der Waals surface area contributed by atoms with Gasteiger partial charge in [-0.3, -0.25) is 0 Å². The van der Waals surface area contributed by atoms with Gasteiger partial charge in [-0.25, -0.2) is 9.59 Å². The Hall–Kier alpha value is -3.19. The third kappa shape index (κ3) is 5.99. The Labute approximate surface area is 199 Å². The average Bonchev–Trinajstić information content (AvgIpc) is 2.79. The van der Waals surface area contributed by atoms with Gasteiger partial charge in [0.05, 0.1) is 24.8 Å². The monoisotopic (exact) mass is 472 g/mol. The summed E-state index contributed by atoms with van der Waals surface area (Å²) in [5.41, 5.74) is 2.51. The van der Waals surface area contributed by atoms with Crippen molar-refractivity contribution in [1.29, 1.82) is 0 Å². The fourth-order valence-corrected chi connectivity index (χ4v) is 3.82. The summed E-state index contributed by atoms with van der Waals surface area (Å²) in [6.45, 7) is 6.54. The molecule has 0 radical (unpaired) electrons. The van der Waals surface area contributed by atoms with Gasteiger partial charge in [0.15, 0.2) is 11.5 Å². The summed E-state index contributed by atoms with van der Waals surface area (Å²) in [7, 11) is 0. The Bertz CT molecular complexity index is 1040. The minimum absolute atomic E-state index is 0.238. The third-order valence-electron chi connectivity index (χ3n) is 5.09. The van der Waals surface area contributed by atoms with Gasteiger partial charge in [0.25, 0.3) is 0 Å². The molecule has 8 heteroatoms. The molecule has 0 fully saturated rings. The highest BCUT2D eigenvalue weighted by Gasteiger charge is 2.33. The van der Waals surface area contributed by atoms with Crippen LogP contribution in [-0.4, -0.2) is 25.2 Å². The fourth-order valence-electron chi connectivity index (χ4n) is 3.63. The van der Waals surface area contributed by atoms with E-state index in [0.29, 0.717) is 46.4 Å². The molecule has 2 aromatic rings. The molecular weight excluding hydrogens is 444 g/mol. The first-order chi connectivity index (χ1) is 16.0. The molecule has 0 aromatic heterocycles. The second-order valence-electron chi connectivity index (χ2n) is 7.41. The molecule has 2 amide bonds. The van der Waals surface area contributed by atoms with E-state index in [4.69, 9.17) is 25.8 Å². The summed E-state index contributed by atoms with van der Waals surface area (Å²) >= 11 is 6.24. The molecule has 176 valence electrons. The quantitative estimate of drug-likeness (QED) is 0.459. The van der Waals surface area contributed by atoms with Gasteiger partial charge in [-0.05, 0) is 44.0 Å². The molecular formula is C25H29ClN2O5. The van der Waals surface area contributed by atoms with Crippen molar-refractivity contribution in [3.05, 3.63) is 69.9 Å². The first-order valence-electron chi connectivity index (χ1n) is 11.1. The molecule has 0 spiro atoms. The standard InChI is InChI=1S/C25H29ClN2O5/c1-4-9-19-22(24(29)32-6-3)23(28-25(30)27-19)16-12-13-20(21(14-16)31-5-2)33-15-17-10-7-8-11-18(17)26/h7-8,10-14,23H,4-6,9,15H2,1-3H3,(H2,27,28,30). The summed E-state index contributed by atoms with van der Waals surface area (Å²) in [6, 6.07) is 11.8. The summed E-state index contributed by atoms with van der Waals surface area (Å²) in [4.78, 5) is 25.2. The van der Waals surface area contributed by atoms with Crippen molar-refractivity contribution < 1.29 is 23.8 Å². The molecule has 0 saturated carbocycles. The molecule has 33 heavy (non-hydrogen) atoms. The van der Waals surface area contributed by atoms with Crippen molar-refractivity contribution in [3.63, 3.8) is 0 Å². The van der Waals surface area contributed by atoms with E-state index < -0.39 is 12.0 Å². The Balaban J connectivity index is 1.95. The first kappa shape index (κ1) is 24.5. The number of benzene rings is 2. The van der Waals surface area contributed by atoms with Crippen LogP contribution in [0.4, 0.5) is 4.79 Å². The van der Waals surface area contributed by atoms with Crippen LogP contribution in [0.25, 0.3) is 0 Å². The normalized spacial score (nSPS) is 15.5. The van der Waals surface area contributed by atoms with Crippen molar-refractivity contribution in [3.8, 4) is 11.5 Å². The van der Waals surface area contributed by atoms with E-state index in [2.05, 4.69) is 10.6 Å². The van der Waals surface area contributed by atoms with Crippen molar-refractivity contribution in [2.45, 2.75) is 46.3 Å². The SMILES string of the molecule is CCCC1=C(C(=O)OCC)C(c2ccc(OCc3ccccc3Cl)c(OCC)c2)NC(=O)N1. The fraction of sp³-hybridized carbons (Fsp3) is 0.360. The lowest BCUT2D eigenvalue weighted by atomic mass is 9.93. The number of rotatable bonds is 10. The number of allylic oxidation sites excluding steroid dienone is 1. The summed E-state index contributed by atoms with van der Waals surface area (Å²) < 4.78 is 17.1. The summed E-state index contributed by atoms with van der Waals surface area (Å²) in [5, 5.41) is 6.23. The highest BCUT2D eigenvalue weighted by atomic mass is 35.5. The van der Waals surface area contributed by atoms with Crippen molar-refractivity contribution in [2.75, 3.05) is 13.2 Å². The number of urea groups is 1. The zero-order valence-electron chi connectivity index (χ0n) is 19.1. The van der Waals surface area contributed by atoms with E-state index in [-0.39, 0.29) is 19.2 Å². The van der Waals surface area contributed by atoms with Crippen LogP contribution >= 0.6 is 11.6 Å². The van der Waals surface area contributed by atoms with E-state index in [9.17, 15) is 9.59 Å². The number of nitrogens with one attached hydrogen (secondary N) is 2. The number of halogens is 1. The van der Waals surface area contributed by atoms with Gasteiger partial charge in [-0.2, -0.15) is 0 Å². The maximum atomic E-state index is 12.8. The number of amides is 2. The molecule has 1 heterocycles. The topological polar surface area (TPSA) is 85.9 Å². The van der Waals surface area contributed by atoms with Gasteiger partial charge >= 0.3 is 12.0 Å². The lowest BCUT2D eigenvalue weighted by Gasteiger charge is -2.29. The lowest BCUT2D eigenvalue weighted by Crippen LogP contribution is -2.46. The van der Waals surface area contributed by atoms with Gasteiger partial charge in [0, 0.05) is 16.3 Å². The molecule has 2 N–H and O–H groups in total. The van der Waals surface area contributed by atoms with Gasteiger partial charge in [-0.15, -0.1) is 0 Å². The average molecular weight is 473 g/mol. The van der Waals surface area contributed by atoms with Gasteiger partial charge in [0.1, 0.15) is 6.61 Å². The Morgan fingerprint density at radius 2 is 1.82 bits per heavy atom. The molecule has 0 saturated heterocycles. The number of carbonyl (C=O) groups is 2. The molecule has 0 aliphatic carbocycles. The van der Waals surface area contributed by atoms with Crippen LogP contribution < -0.4 is 20.1 Å². The van der Waals surface area contributed by atoms with E-state index in [1.54, 1.807) is 19.1 Å². The Morgan fingerprint density at radius 1 is 1.03 bits per heavy atom. The largest absolute Gasteiger partial charge is 0.490 e. The van der Waals surface area contributed by atoms with Gasteiger partial charge < -0.3 is 24.8 Å². The van der Waals surface area contributed by atoms with E-state index in [0.717, 1.165) is 12.0 Å². The number of hydrogen-bond acceptors (Lipinski definition) is 5. The highest BCUT2D eigenvalue weighted by molar-refractivity contribution is 6.31. The number of ether oxygens (including phenoxy) is 3. The number of esters is 1. The third-order valence-corrected chi connectivity index (χ3v) is 5.46. The lowest BCUT2D eigenvalue weighted by molar-refractivity contribution is -0.139. The molecule has 1 aliphatic rings. The van der Waals surface area contributed by atoms with E-state index in [1.165, 1.54) is 0 Å². The Kier molecular flexibility index (Phi) is 8.60. The van der Waals surface area contributed by atoms with Crippen LogP contribution in [0, 0.1) is 0 Å². The zero-order chi connectivity index (χ0) is 23.8. The minimum atomic E-state index is -0.670. The Morgan fingerprint density at radius 3 is 2.52 bits per heavy atom. The van der Waals surface area contributed by atoms with E-state index in [1.807, 2.05) is 44.2 Å². The summed E-state index contributed by atoms with van der Waals surface area (Å²) in [5.74, 6) is 0.585. The van der Waals surface area contributed by atoms with Crippen LogP contribution in [0.3, 0.4) is 0 Å².